The molecule has 4 rings (SSSR count). The zero-order valence-corrected chi connectivity index (χ0v) is 21.0. The molecular formula is C27H26N6O2S. The number of benzene rings is 3. The predicted octanol–water partition coefficient (Wildman–Crippen LogP) is 5.91. The van der Waals surface area contributed by atoms with Crippen molar-refractivity contribution in [1.82, 2.24) is 15.0 Å². The molecule has 3 N–H and O–H groups in total. The minimum absolute atomic E-state index is 0.0247. The van der Waals surface area contributed by atoms with Crippen LogP contribution in [0, 0.1) is 13.8 Å². The van der Waals surface area contributed by atoms with Gasteiger partial charge in [-0.05, 0) is 69.3 Å². The van der Waals surface area contributed by atoms with Crippen molar-refractivity contribution >= 4 is 52.4 Å². The molecule has 0 aliphatic rings. The largest absolute Gasteiger partial charge is 0.325 e. The Balaban J connectivity index is 1.48. The molecule has 0 saturated carbocycles. The molecule has 0 radical (unpaired) electrons. The maximum Gasteiger partial charge on any atom is 0.234 e. The molecule has 0 aliphatic carbocycles. The summed E-state index contributed by atoms with van der Waals surface area (Å²) in [5, 5.41) is 9.63. The number of carbonyl (C=O) groups is 2. The van der Waals surface area contributed by atoms with Crippen molar-refractivity contribution in [1.29, 1.82) is 0 Å². The Morgan fingerprint density at radius 2 is 1.17 bits per heavy atom. The van der Waals surface area contributed by atoms with Crippen LogP contribution >= 0.6 is 11.8 Å². The number of amides is 1. The fourth-order valence-corrected chi connectivity index (χ4v) is 3.81. The lowest BCUT2D eigenvalue weighted by atomic mass is 10.1. The van der Waals surface area contributed by atoms with E-state index in [0.717, 1.165) is 22.5 Å². The summed E-state index contributed by atoms with van der Waals surface area (Å²) in [4.78, 5) is 37.4. The van der Waals surface area contributed by atoms with E-state index in [1.165, 1.54) is 18.7 Å². The molecule has 9 heteroatoms. The first-order chi connectivity index (χ1) is 17.3. The van der Waals surface area contributed by atoms with E-state index in [2.05, 4.69) is 30.9 Å². The number of Topliss-reactive ketones (excluding diaryl/α,β-unsaturated/α-hetero) is 1. The number of aryl methyl sites for hydroxylation is 2. The Morgan fingerprint density at radius 1 is 0.694 bits per heavy atom. The molecule has 182 valence electrons. The standard InChI is InChI=1S/C27H26N6O2S/c1-17-4-10-22(11-5-17)29-25-31-26(30-23-12-6-18(2)7-13-23)33-27(32-25)36-16-24(35)28-21-14-8-20(9-15-21)19(3)34/h4-15H,16H2,1-3H3,(H,28,35)(H2,29,30,31,32,33). The molecule has 36 heavy (non-hydrogen) atoms. The van der Waals surface area contributed by atoms with E-state index in [1.807, 2.05) is 62.4 Å². The minimum Gasteiger partial charge on any atom is -0.325 e. The van der Waals surface area contributed by atoms with E-state index in [9.17, 15) is 9.59 Å². The van der Waals surface area contributed by atoms with E-state index in [1.54, 1.807) is 24.3 Å². The molecular weight excluding hydrogens is 472 g/mol. The summed E-state index contributed by atoms with van der Waals surface area (Å²) < 4.78 is 0. The van der Waals surface area contributed by atoms with Gasteiger partial charge >= 0.3 is 0 Å². The fourth-order valence-electron chi connectivity index (χ4n) is 3.18. The van der Waals surface area contributed by atoms with Gasteiger partial charge in [0.25, 0.3) is 0 Å². The Labute approximate surface area is 214 Å². The summed E-state index contributed by atoms with van der Waals surface area (Å²) in [7, 11) is 0. The number of nitrogens with zero attached hydrogens (tertiary/aromatic N) is 3. The van der Waals surface area contributed by atoms with Crippen molar-refractivity contribution in [2.45, 2.75) is 25.9 Å². The molecule has 0 spiro atoms. The van der Waals surface area contributed by atoms with Crippen molar-refractivity contribution in [2.24, 2.45) is 0 Å². The Morgan fingerprint density at radius 3 is 1.64 bits per heavy atom. The van der Waals surface area contributed by atoms with Gasteiger partial charge in [0.1, 0.15) is 0 Å². The van der Waals surface area contributed by atoms with Crippen LogP contribution < -0.4 is 16.0 Å². The van der Waals surface area contributed by atoms with Crippen molar-refractivity contribution < 1.29 is 9.59 Å². The summed E-state index contributed by atoms with van der Waals surface area (Å²) in [5.74, 6) is 0.602. The summed E-state index contributed by atoms with van der Waals surface area (Å²) >= 11 is 1.20. The van der Waals surface area contributed by atoms with Gasteiger partial charge in [-0.3, -0.25) is 9.59 Å². The van der Waals surface area contributed by atoms with E-state index >= 15 is 0 Å². The number of rotatable bonds is 9. The first-order valence-electron chi connectivity index (χ1n) is 11.3. The maximum absolute atomic E-state index is 12.5. The van der Waals surface area contributed by atoms with E-state index in [4.69, 9.17) is 0 Å². The van der Waals surface area contributed by atoms with Crippen LogP contribution in [0.4, 0.5) is 29.0 Å². The van der Waals surface area contributed by atoms with Crippen molar-refractivity contribution in [3.8, 4) is 0 Å². The second kappa shape index (κ2) is 11.5. The number of carbonyl (C=O) groups excluding carboxylic acids is 2. The van der Waals surface area contributed by atoms with Gasteiger partial charge in [-0.1, -0.05) is 47.2 Å². The van der Waals surface area contributed by atoms with Gasteiger partial charge in [0.15, 0.2) is 10.9 Å². The SMILES string of the molecule is CC(=O)c1ccc(NC(=O)CSc2nc(Nc3ccc(C)cc3)nc(Nc3ccc(C)cc3)n2)cc1. The van der Waals surface area contributed by atoms with Crippen molar-refractivity contribution in [3.63, 3.8) is 0 Å². The second-order valence-electron chi connectivity index (χ2n) is 8.22. The van der Waals surface area contributed by atoms with E-state index < -0.39 is 0 Å². The van der Waals surface area contributed by atoms with Crippen molar-refractivity contribution in [2.75, 3.05) is 21.7 Å². The van der Waals surface area contributed by atoms with Gasteiger partial charge in [0, 0.05) is 22.6 Å². The quantitative estimate of drug-likeness (QED) is 0.193. The molecule has 1 amide bonds. The van der Waals surface area contributed by atoms with E-state index in [0.29, 0.717) is 28.3 Å². The smallest absolute Gasteiger partial charge is 0.234 e. The predicted molar refractivity (Wildman–Crippen MR) is 145 cm³/mol. The maximum atomic E-state index is 12.5. The molecule has 0 saturated heterocycles. The first kappa shape index (κ1) is 24.9. The van der Waals surface area contributed by atoms with Gasteiger partial charge in [0.05, 0.1) is 5.75 Å². The van der Waals surface area contributed by atoms with Crippen LogP contribution in [0.25, 0.3) is 0 Å². The molecule has 8 nitrogen and oxygen atoms in total. The highest BCUT2D eigenvalue weighted by Gasteiger charge is 2.11. The summed E-state index contributed by atoms with van der Waals surface area (Å²) in [5.41, 5.74) is 5.19. The molecule has 0 unspecified atom stereocenters. The summed E-state index contributed by atoms with van der Waals surface area (Å²) in [6.45, 7) is 5.55. The number of nitrogens with one attached hydrogen (secondary N) is 3. The zero-order chi connectivity index (χ0) is 25.5. The third-order valence-corrected chi connectivity index (χ3v) is 5.99. The lowest BCUT2D eigenvalue weighted by molar-refractivity contribution is -0.113. The molecule has 3 aromatic carbocycles. The second-order valence-corrected chi connectivity index (χ2v) is 9.16. The minimum atomic E-state index is -0.211. The third kappa shape index (κ3) is 7.13. The van der Waals surface area contributed by atoms with Crippen LogP contribution in [-0.4, -0.2) is 32.4 Å². The van der Waals surface area contributed by atoms with Gasteiger partial charge in [-0.2, -0.15) is 15.0 Å². The molecule has 0 aliphatic heterocycles. The topological polar surface area (TPSA) is 109 Å². The third-order valence-electron chi connectivity index (χ3n) is 5.14. The summed E-state index contributed by atoms with van der Waals surface area (Å²) in [6.07, 6.45) is 0. The van der Waals surface area contributed by atoms with Crippen LogP contribution in [0.2, 0.25) is 0 Å². The molecule has 0 fully saturated rings. The Kier molecular flexibility index (Phi) is 7.92. The normalized spacial score (nSPS) is 10.5. The van der Waals surface area contributed by atoms with E-state index in [-0.39, 0.29) is 17.4 Å². The fraction of sp³-hybridized carbons (Fsp3) is 0.148. The van der Waals surface area contributed by atoms with Crippen LogP contribution in [-0.2, 0) is 4.79 Å². The van der Waals surface area contributed by atoms with Gasteiger partial charge in [-0.15, -0.1) is 0 Å². The van der Waals surface area contributed by atoms with Crippen LogP contribution in [0.3, 0.4) is 0 Å². The lowest BCUT2D eigenvalue weighted by Gasteiger charge is -2.11. The number of hydrogen-bond acceptors (Lipinski definition) is 8. The highest BCUT2D eigenvalue weighted by molar-refractivity contribution is 7.99. The van der Waals surface area contributed by atoms with Crippen molar-refractivity contribution in [3.05, 3.63) is 89.5 Å². The number of ketones is 1. The molecule has 1 aromatic heterocycles. The lowest BCUT2D eigenvalue weighted by Crippen LogP contribution is -2.14. The Hall–Kier alpha value is -4.24. The summed E-state index contributed by atoms with van der Waals surface area (Å²) in [6, 6.07) is 22.6. The molecule has 1 heterocycles. The average Bonchev–Trinajstić information content (AvgIpc) is 2.86. The zero-order valence-electron chi connectivity index (χ0n) is 20.2. The number of thioether (sulfide) groups is 1. The van der Waals surface area contributed by atoms with Crippen LogP contribution in [0.5, 0.6) is 0 Å². The van der Waals surface area contributed by atoms with Crippen LogP contribution in [0.1, 0.15) is 28.4 Å². The first-order valence-corrected chi connectivity index (χ1v) is 12.3. The monoisotopic (exact) mass is 498 g/mol. The number of hydrogen-bond donors (Lipinski definition) is 3. The molecule has 0 atom stereocenters. The average molecular weight is 499 g/mol. The molecule has 4 aromatic rings. The van der Waals surface area contributed by atoms with Gasteiger partial charge < -0.3 is 16.0 Å². The Bertz CT molecular complexity index is 1290. The number of anilines is 5. The van der Waals surface area contributed by atoms with Gasteiger partial charge in [0.2, 0.25) is 17.8 Å². The highest BCUT2D eigenvalue weighted by atomic mass is 32.2. The highest BCUT2D eigenvalue weighted by Crippen LogP contribution is 2.22. The molecule has 0 bridgehead atoms. The number of aromatic nitrogens is 3. The van der Waals surface area contributed by atoms with Gasteiger partial charge in [-0.25, -0.2) is 0 Å². The van der Waals surface area contributed by atoms with Crippen LogP contribution in [0.15, 0.2) is 78.0 Å².